The molecular weight excluding hydrogens is 336 g/mol. The number of benzene rings is 1. The molecule has 0 aliphatic heterocycles. The van der Waals surface area contributed by atoms with Gasteiger partial charge in [-0.1, -0.05) is 37.9 Å². The van der Waals surface area contributed by atoms with Gasteiger partial charge in [0.1, 0.15) is 18.0 Å². The van der Waals surface area contributed by atoms with Crippen LogP contribution in [0, 0.1) is 6.92 Å². The van der Waals surface area contributed by atoms with Crippen LogP contribution in [0.5, 0.6) is 5.75 Å². The number of methoxy groups -OCH3 is 1. The molecule has 0 bridgehead atoms. The summed E-state index contributed by atoms with van der Waals surface area (Å²) in [4.78, 5) is 0.412. The number of halogens is 2. The first-order valence-electron chi connectivity index (χ1n) is 5.21. The van der Waals surface area contributed by atoms with Gasteiger partial charge in [-0.2, -0.15) is 0 Å². The first-order chi connectivity index (χ1) is 7.61. The first kappa shape index (κ1) is 12.4. The number of rotatable bonds is 3. The molecule has 4 heteroatoms. The van der Waals surface area contributed by atoms with Crippen LogP contribution in [0.4, 0.5) is 0 Å². The van der Waals surface area contributed by atoms with Crippen LogP contribution >= 0.6 is 31.9 Å². The summed E-state index contributed by atoms with van der Waals surface area (Å²) in [6.45, 7) is 2.05. The van der Waals surface area contributed by atoms with E-state index in [4.69, 9.17) is 9.47 Å². The largest absolute Gasteiger partial charge is 0.487 e. The molecule has 1 aromatic carbocycles. The lowest BCUT2D eigenvalue weighted by atomic mass is 9.91. The molecule has 0 N–H and O–H groups in total. The van der Waals surface area contributed by atoms with E-state index in [0.717, 1.165) is 22.2 Å². The summed E-state index contributed by atoms with van der Waals surface area (Å²) in [5, 5.41) is 0. The Balaban J connectivity index is 2.07. The molecule has 0 heterocycles. The highest BCUT2D eigenvalue weighted by atomic mass is 79.9. The Hall–Kier alpha value is -0.0600. The van der Waals surface area contributed by atoms with Gasteiger partial charge in [0.25, 0.3) is 0 Å². The molecule has 2 rings (SSSR count). The van der Waals surface area contributed by atoms with Gasteiger partial charge in [-0.3, -0.25) is 0 Å². The summed E-state index contributed by atoms with van der Waals surface area (Å²) in [6, 6.07) is 6.07. The van der Waals surface area contributed by atoms with Crippen LogP contribution in [0.15, 0.2) is 22.7 Å². The summed E-state index contributed by atoms with van der Waals surface area (Å²) in [5.74, 6) is 0.931. The predicted octanol–water partition coefficient (Wildman–Crippen LogP) is 3.69. The van der Waals surface area contributed by atoms with Crippen molar-refractivity contribution in [2.24, 2.45) is 0 Å². The van der Waals surface area contributed by atoms with Crippen molar-refractivity contribution in [2.45, 2.75) is 30.4 Å². The number of alkyl halides is 1. The van der Waals surface area contributed by atoms with Gasteiger partial charge in [0.05, 0.1) is 0 Å². The van der Waals surface area contributed by atoms with Crippen LogP contribution in [0.3, 0.4) is 0 Å². The number of ether oxygens (including phenoxy) is 2. The quantitative estimate of drug-likeness (QED) is 0.775. The molecule has 1 saturated carbocycles. The average Bonchev–Trinajstić information content (AvgIpc) is 2.23. The molecule has 3 atom stereocenters. The smallest absolute Gasteiger partial charge is 0.127 e. The van der Waals surface area contributed by atoms with Gasteiger partial charge in [-0.15, -0.1) is 0 Å². The topological polar surface area (TPSA) is 18.5 Å². The molecule has 1 aliphatic carbocycles. The Morgan fingerprint density at radius 1 is 1.38 bits per heavy atom. The van der Waals surface area contributed by atoms with Gasteiger partial charge in [0, 0.05) is 22.8 Å². The minimum atomic E-state index is 0.151. The zero-order valence-electron chi connectivity index (χ0n) is 9.24. The Kier molecular flexibility index (Phi) is 3.93. The first-order valence-corrected chi connectivity index (χ1v) is 6.92. The Labute approximate surface area is 113 Å². The summed E-state index contributed by atoms with van der Waals surface area (Å²) in [7, 11) is 1.72. The summed E-state index contributed by atoms with van der Waals surface area (Å²) in [6.07, 6.45) is 1.30. The van der Waals surface area contributed by atoms with Crippen molar-refractivity contribution >= 4 is 31.9 Å². The van der Waals surface area contributed by atoms with E-state index in [1.54, 1.807) is 7.11 Å². The van der Waals surface area contributed by atoms with Gasteiger partial charge in [0.2, 0.25) is 0 Å². The molecule has 1 fully saturated rings. The molecule has 1 aliphatic rings. The third-order valence-corrected chi connectivity index (χ3v) is 4.27. The summed E-state index contributed by atoms with van der Waals surface area (Å²) < 4.78 is 12.4. The van der Waals surface area contributed by atoms with Gasteiger partial charge >= 0.3 is 0 Å². The fourth-order valence-corrected chi connectivity index (χ4v) is 3.07. The highest BCUT2D eigenvalue weighted by molar-refractivity contribution is 9.10. The van der Waals surface area contributed by atoms with E-state index in [1.165, 1.54) is 0 Å². The minimum Gasteiger partial charge on any atom is -0.487 e. The van der Waals surface area contributed by atoms with Crippen molar-refractivity contribution in [1.82, 2.24) is 0 Å². The zero-order chi connectivity index (χ0) is 11.7. The third kappa shape index (κ3) is 2.44. The standard InChI is InChI=1S/C12H14Br2O2/c1-7-3-4-8(13)5-10(7)16-11-6-9(14)12(11)15-2/h3-5,9,11-12H,6H2,1-2H3. The normalized spacial score (nSPS) is 28.6. The molecule has 0 amide bonds. The average molecular weight is 350 g/mol. The Morgan fingerprint density at radius 3 is 2.75 bits per heavy atom. The van der Waals surface area contributed by atoms with Crippen LogP contribution in [-0.2, 0) is 4.74 Å². The van der Waals surface area contributed by atoms with Gasteiger partial charge in [-0.25, -0.2) is 0 Å². The SMILES string of the molecule is COC1C(Br)CC1Oc1cc(Br)ccc1C. The van der Waals surface area contributed by atoms with Crippen LogP contribution in [0.2, 0.25) is 0 Å². The molecule has 2 nitrogen and oxygen atoms in total. The van der Waals surface area contributed by atoms with Crippen LogP contribution in [-0.4, -0.2) is 24.1 Å². The maximum absolute atomic E-state index is 5.95. The predicted molar refractivity (Wildman–Crippen MR) is 71.4 cm³/mol. The van der Waals surface area contributed by atoms with Crippen molar-refractivity contribution in [1.29, 1.82) is 0 Å². The molecule has 1 aromatic rings. The number of hydrogen-bond donors (Lipinski definition) is 0. The molecule has 0 radical (unpaired) electrons. The van der Waals surface area contributed by atoms with Crippen molar-refractivity contribution in [3.8, 4) is 5.75 Å². The number of aryl methyl sites for hydroxylation is 1. The van der Waals surface area contributed by atoms with Crippen molar-refractivity contribution in [2.75, 3.05) is 7.11 Å². The lowest BCUT2D eigenvalue weighted by molar-refractivity contribution is -0.0547. The second-order valence-corrected chi connectivity index (χ2v) is 6.11. The minimum absolute atomic E-state index is 0.151. The fraction of sp³-hybridized carbons (Fsp3) is 0.500. The zero-order valence-corrected chi connectivity index (χ0v) is 12.4. The van der Waals surface area contributed by atoms with Gasteiger partial charge in [-0.05, 0) is 24.6 Å². The van der Waals surface area contributed by atoms with Crippen LogP contribution in [0.25, 0.3) is 0 Å². The highest BCUT2D eigenvalue weighted by Gasteiger charge is 2.41. The molecule has 88 valence electrons. The molecule has 16 heavy (non-hydrogen) atoms. The van der Waals surface area contributed by atoms with Crippen molar-refractivity contribution in [3.05, 3.63) is 28.2 Å². The monoisotopic (exact) mass is 348 g/mol. The van der Waals surface area contributed by atoms with E-state index in [-0.39, 0.29) is 12.2 Å². The van der Waals surface area contributed by atoms with E-state index in [1.807, 2.05) is 25.1 Å². The highest BCUT2D eigenvalue weighted by Crippen LogP contribution is 2.35. The lowest BCUT2D eigenvalue weighted by Gasteiger charge is -2.40. The van der Waals surface area contributed by atoms with Crippen molar-refractivity contribution in [3.63, 3.8) is 0 Å². The van der Waals surface area contributed by atoms with E-state index in [9.17, 15) is 0 Å². The maximum Gasteiger partial charge on any atom is 0.127 e. The Bertz CT molecular complexity index is 381. The van der Waals surface area contributed by atoms with E-state index >= 15 is 0 Å². The van der Waals surface area contributed by atoms with E-state index in [0.29, 0.717) is 4.83 Å². The molecular formula is C12H14Br2O2. The van der Waals surface area contributed by atoms with Crippen molar-refractivity contribution < 1.29 is 9.47 Å². The van der Waals surface area contributed by atoms with Crippen LogP contribution in [0.1, 0.15) is 12.0 Å². The second kappa shape index (κ2) is 5.07. The van der Waals surface area contributed by atoms with E-state index < -0.39 is 0 Å². The molecule has 0 saturated heterocycles. The third-order valence-electron chi connectivity index (χ3n) is 2.88. The summed E-state index contributed by atoms with van der Waals surface area (Å²) >= 11 is 7.01. The van der Waals surface area contributed by atoms with Gasteiger partial charge < -0.3 is 9.47 Å². The Morgan fingerprint density at radius 2 is 2.12 bits per heavy atom. The van der Waals surface area contributed by atoms with Crippen LogP contribution < -0.4 is 4.74 Å². The van der Waals surface area contributed by atoms with E-state index in [2.05, 4.69) is 31.9 Å². The fourth-order valence-electron chi connectivity index (χ4n) is 1.81. The summed E-state index contributed by atoms with van der Waals surface area (Å²) in [5.41, 5.74) is 1.15. The van der Waals surface area contributed by atoms with Gasteiger partial charge in [0.15, 0.2) is 0 Å². The lowest BCUT2D eigenvalue weighted by Crippen LogP contribution is -2.51. The molecule has 3 unspecified atom stereocenters. The number of hydrogen-bond acceptors (Lipinski definition) is 2. The molecule has 0 aromatic heterocycles. The second-order valence-electron chi connectivity index (χ2n) is 4.02. The molecule has 0 spiro atoms. The maximum atomic E-state index is 5.95.